The van der Waals surface area contributed by atoms with Gasteiger partial charge < -0.3 is 9.80 Å². The summed E-state index contributed by atoms with van der Waals surface area (Å²) in [6, 6.07) is 131. The first-order valence-corrected chi connectivity index (χ1v) is 30.6. The van der Waals surface area contributed by atoms with E-state index in [0.717, 1.165) is 45.1 Å². The number of anilines is 6. The quantitative estimate of drug-likeness (QED) is 0.127. The maximum Gasteiger partial charge on any atom is 0.0714 e. The fourth-order valence-electron chi connectivity index (χ4n) is 15.3. The molecule has 17 rings (SSSR count). The van der Waals surface area contributed by atoms with Crippen LogP contribution in [0.4, 0.5) is 34.1 Å². The lowest BCUT2D eigenvalue weighted by Gasteiger charge is -2.35. The Bertz CT molecular complexity index is 5060. The average Bonchev–Trinajstić information content (AvgIpc) is 1.79. The summed E-state index contributed by atoms with van der Waals surface area (Å²) in [6.45, 7) is 0. The fraction of sp³-hybridized carbons (Fsp3) is 0.0233. The van der Waals surface area contributed by atoms with Crippen LogP contribution in [-0.2, 0) is 10.8 Å². The summed E-state index contributed by atoms with van der Waals surface area (Å²) >= 11 is 0. The predicted molar refractivity (Wildman–Crippen MR) is 368 cm³/mol. The third-order valence-electron chi connectivity index (χ3n) is 19.0. The second-order valence-electron chi connectivity index (χ2n) is 23.4. The standard InChI is InChI=1S/C86H58N2/c1-5-29-62(30-6-1)85(63-31-7-2-8-32-63)78-44-19-17-39-73(78)75-55-53-67(57-80(75)85)87(82-46-21-27-59-25-13-15-37-70(59)82)66-51-49-61(50-52-66)69-41-23-43-77-72(69)42-24-48-84(77)88(83-47-22-28-60-26-14-16-38-71(60)83)68-54-56-76-74-40-18-20-45-79(74)86(81(76)58-68,64-33-9-3-10-34-64)65-35-11-4-12-36-65/h1-58H. The number of rotatable bonds is 11. The normalized spacial score (nSPS) is 13.2. The molecule has 0 bridgehead atoms. The molecule has 0 radical (unpaired) electrons. The van der Waals surface area contributed by atoms with Crippen LogP contribution in [-0.4, -0.2) is 0 Å². The zero-order chi connectivity index (χ0) is 58.2. The van der Waals surface area contributed by atoms with Gasteiger partial charge >= 0.3 is 0 Å². The SMILES string of the molecule is c1ccc(C2(c3ccccc3)c3ccccc3-c3ccc(N(c4ccc(-c5cccc6c(N(c7ccc8c(c7)C(c7ccccc7)(c7ccccc7)c7ccccc7-8)c7cccc8ccccc78)cccc56)cc4)c4cccc5ccccc45)cc32)cc1. The number of hydrogen-bond donors (Lipinski definition) is 0. The molecule has 2 aliphatic carbocycles. The minimum Gasteiger partial charge on any atom is -0.310 e. The summed E-state index contributed by atoms with van der Waals surface area (Å²) < 4.78 is 0. The molecule has 0 spiro atoms. The predicted octanol–water partition coefficient (Wildman–Crippen LogP) is 22.5. The van der Waals surface area contributed by atoms with Crippen LogP contribution in [0.3, 0.4) is 0 Å². The van der Waals surface area contributed by atoms with Crippen molar-refractivity contribution in [2.75, 3.05) is 9.80 Å². The van der Waals surface area contributed by atoms with Crippen LogP contribution in [0.15, 0.2) is 352 Å². The van der Waals surface area contributed by atoms with Crippen molar-refractivity contribution in [3.05, 3.63) is 396 Å². The molecule has 0 saturated heterocycles. The minimum absolute atomic E-state index is 0.545. The highest BCUT2D eigenvalue weighted by Crippen LogP contribution is 2.60. The maximum absolute atomic E-state index is 2.52. The molecule has 0 amide bonds. The van der Waals surface area contributed by atoms with Gasteiger partial charge in [0.05, 0.1) is 27.9 Å². The van der Waals surface area contributed by atoms with E-state index in [0.29, 0.717) is 0 Å². The van der Waals surface area contributed by atoms with Gasteiger partial charge in [0.1, 0.15) is 0 Å². The maximum atomic E-state index is 2.52. The van der Waals surface area contributed by atoms with Crippen LogP contribution < -0.4 is 9.80 Å². The third-order valence-corrected chi connectivity index (χ3v) is 19.0. The highest BCUT2D eigenvalue weighted by molar-refractivity contribution is 6.09. The molecule has 0 N–H and O–H groups in total. The van der Waals surface area contributed by atoms with Gasteiger partial charge in [0.25, 0.3) is 0 Å². The highest BCUT2D eigenvalue weighted by atomic mass is 15.2. The van der Waals surface area contributed by atoms with Crippen molar-refractivity contribution in [3.63, 3.8) is 0 Å². The van der Waals surface area contributed by atoms with Crippen molar-refractivity contribution in [2.24, 2.45) is 0 Å². The Labute approximate surface area is 513 Å². The molecule has 2 nitrogen and oxygen atoms in total. The van der Waals surface area contributed by atoms with Crippen molar-refractivity contribution >= 4 is 66.4 Å². The first-order chi connectivity index (χ1) is 43.7. The van der Waals surface area contributed by atoms with Gasteiger partial charge in [-0.15, -0.1) is 0 Å². The summed E-state index contributed by atoms with van der Waals surface area (Å²) in [6.07, 6.45) is 0. The molecule has 0 atom stereocenters. The van der Waals surface area contributed by atoms with E-state index in [1.54, 1.807) is 0 Å². The molecule has 0 aromatic heterocycles. The van der Waals surface area contributed by atoms with Crippen molar-refractivity contribution in [3.8, 4) is 33.4 Å². The molecule has 0 fully saturated rings. The lowest BCUT2D eigenvalue weighted by atomic mass is 9.67. The number of hydrogen-bond acceptors (Lipinski definition) is 2. The molecule has 15 aromatic rings. The molecule has 0 heterocycles. The van der Waals surface area contributed by atoms with E-state index >= 15 is 0 Å². The Morgan fingerprint density at radius 1 is 0.193 bits per heavy atom. The van der Waals surface area contributed by atoms with Gasteiger partial charge in [-0.25, -0.2) is 0 Å². The average molecular weight is 1120 g/mol. The van der Waals surface area contributed by atoms with Gasteiger partial charge in [-0.05, 0) is 149 Å². The topological polar surface area (TPSA) is 6.48 Å². The molecule has 0 aliphatic heterocycles. The molecule has 2 aliphatic rings. The molecule has 412 valence electrons. The minimum atomic E-state index is -0.558. The van der Waals surface area contributed by atoms with Gasteiger partial charge in [-0.2, -0.15) is 0 Å². The van der Waals surface area contributed by atoms with Gasteiger partial charge in [0.2, 0.25) is 0 Å². The Morgan fingerprint density at radius 2 is 0.523 bits per heavy atom. The third kappa shape index (κ3) is 7.75. The highest BCUT2D eigenvalue weighted by Gasteiger charge is 2.48. The Hall–Kier alpha value is -11.3. The zero-order valence-corrected chi connectivity index (χ0v) is 48.4. The van der Waals surface area contributed by atoms with Gasteiger partial charge in [0, 0.05) is 33.2 Å². The Kier molecular flexibility index (Phi) is 12.0. The van der Waals surface area contributed by atoms with E-state index < -0.39 is 10.8 Å². The number of fused-ring (bicyclic) bond motifs is 9. The Morgan fingerprint density at radius 3 is 1.02 bits per heavy atom. The first-order valence-electron chi connectivity index (χ1n) is 30.6. The number of nitrogens with zero attached hydrogens (tertiary/aromatic N) is 2. The van der Waals surface area contributed by atoms with Crippen LogP contribution in [0.1, 0.15) is 44.5 Å². The zero-order valence-electron chi connectivity index (χ0n) is 48.4. The first kappa shape index (κ1) is 51.1. The van der Waals surface area contributed by atoms with Gasteiger partial charge in [0.15, 0.2) is 0 Å². The van der Waals surface area contributed by atoms with E-state index in [1.807, 2.05) is 0 Å². The summed E-state index contributed by atoms with van der Waals surface area (Å²) in [4.78, 5) is 4.99. The summed E-state index contributed by atoms with van der Waals surface area (Å²) in [7, 11) is 0. The molecule has 0 unspecified atom stereocenters. The lowest BCUT2D eigenvalue weighted by molar-refractivity contribution is 0.768. The molecular weight excluding hydrogens is 1060 g/mol. The van der Waals surface area contributed by atoms with Crippen molar-refractivity contribution in [1.29, 1.82) is 0 Å². The monoisotopic (exact) mass is 1120 g/mol. The van der Waals surface area contributed by atoms with Crippen molar-refractivity contribution in [1.82, 2.24) is 0 Å². The van der Waals surface area contributed by atoms with Crippen LogP contribution in [0.25, 0.3) is 65.7 Å². The smallest absolute Gasteiger partial charge is 0.0714 e. The van der Waals surface area contributed by atoms with Gasteiger partial charge in [-0.3, -0.25) is 0 Å². The fourth-order valence-corrected chi connectivity index (χ4v) is 15.3. The van der Waals surface area contributed by atoms with E-state index in [-0.39, 0.29) is 0 Å². The lowest BCUT2D eigenvalue weighted by Crippen LogP contribution is -2.28. The number of benzene rings is 15. The van der Waals surface area contributed by atoms with E-state index in [2.05, 4.69) is 362 Å². The Balaban J connectivity index is 0.833. The summed E-state index contributed by atoms with van der Waals surface area (Å²) in [5.74, 6) is 0. The second kappa shape index (κ2) is 20.7. The van der Waals surface area contributed by atoms with Crippen molar-refractivity contribution in [2.45, 2.75) is 10.8 Å². The van der Waals surface area contributed by atoms with Gasteiger partial charge in [-0.1, -0.05) is 297 Å². The largest absolute Gasteiger partial charge is 0.310 e. The van der Waals surface area contributed by atoms with Crippen molar-refractivity contribution < 1.29 is 0 Å². The summed E-state index contributed by atoms with van der Waals surface area (Å²) in [5.41, 5.74) is 23.0. The summed E-state index contributed by atoms with van der Waals surface area (Å²) in [5, 5.41) is 7.10. The van der Waals surface area contributed by atoms with Crippen LogP contribution >= 0.6 is 0 Å². The van der Waals surface area contributed by atoms with E-state index in [1.165, 1.54) is 99.3 Å². The molecule has 15 aromatic carbocycles. The van der Waals surface area contributed by atoms with Crippen LogP contribution in [0.2, 0.25) is 0 Å². The molecule has 2 heteroatoms. The van der Waals surface area contributed by atoms with Crippen LogP contribution in [0.5, 0.6) is 0 Å². The molecule has 88 heavy (non-hydrogen) atoms. The van der Waals surface area contributed by atoms with Crippen LogP contribution in [0, 0.1) is 0 Å². The molecular formula is C86H58N2. The van der Waals surface area contributed by atoms with E-state index in [4.69, 9.17) is 0 Å². The van der Waals surface area contributed by atoms with E-state index in [9.17, 15) is 0 Å². The molecule has 0 saturated carbocycles. The second-order valence-corrected chi connectivity index (χ2v) is 23.4.